The van der Waals surface area contributed by atoms with Crippen molar-refractivity contribution in [3.63, 3.8) is 0 Å². The number of aliphatic hydroxyl groups excluding tert-OH is 1. The molecule has 4 nitrogen and oxygen atoms in total. The van der Waals surface area contributed by atoms with Crippen molar-refractivity contribution in [2.45, 2.75) is 13.5 Å². The van der Waals surface area contributed by atoms with Gasteiger partial charge in [-0.15, -0.1) is 11.3 Å². The van der Waals surface area contributed by atoms with Crippen molar-refractivity contribution >= 4 is 17.2 Å². The molecule has 0 fully saturated rings. The number of nitrogens with zero attached hydrogens (tertiary/aromatic N) is 1. The second-order valence-electron chi connectivity index (χ2n) is 4.11. The number of aryl methyl sites for hydroxylation is 1. The lowest BCUT2D eigenvalue weighted by Gasteiger charge is -2.03. The number of rotatable bonds is 3. The van der Waals surface area contributed by atoms with Crippen LogP contribution in [0.4, 0.5) is 0 Å². The van der Waals surface area contributed by atoms with Crippen LogP contribution in [0.1, 0.15) is 26.6 Å². The van der Waals surface area contributed by atoms with E-state index >= 15 is 0 Å². The molecule has 0 atom stereocenters. The lowest BCUT2D eigenvalue weighted by Crippen LogP contribution is -2.22. The number of hydrogen-bond donors (Lipinski definition) is 2. The molecule has 2 heterocycles. The minimum absolute atomic E-state index is 0.151. The smallest absolute Gasteiger partial charge is 0.252 e. The Bertz CT molecular complexity index is 668. The summed E-state index contributed by atoms with van der Waals surface area (Å²) in [5.41, 5.74) is 2.33. The van der Waals surface area contributed by atoms with Crippen LogP contribution >= 0.6 is 11.3 Å². The van der Waals surface area contributed by atoms with Gasteiger partial charge in [-0.25, -0.2) is 0 Å². The van der Waals surface area contributed by atoms with Crippen LogP contribution in [0.25, 0.3) is 0 Å². The summed E-state index contributed by atoms with van der Waals surface area (Å²) in [5, 5.41) is 13.2. The molecule has 2 N–H and O–H groups in total. The van der Waals surface area contributed by atoms with E-state index in [0.29, 0.717) is 12.1 Å². The third kappa shape index (κ3) is 3.92. The molecule has 1 amide bonds. The fraction of sp³-hybridized carbons (Fsp3) is 0.200. The van der Waals surface area contributed by atoms with Crippen LogP contribution in [0, 0.1) is 18.8 Å². The Morgan fingerprint density at radius 1 is 1.50 bits per heavy atom. The van der Waals surface area contributed by atoms with E-state index in [4.69, 9.17) is 5.11 Å². The summed E-state index contributed by atoms with van der Waals surface area (Å²) in [4.78, 5) is 17.0. The average Bonchev–Trinajstić information content (AvgIpc) is 2.91. The minimum atomic E-state index is -0.182. The van der Waals surface area contributed by atoms with Gasteiger partial charge in [0.2, 0.25) is 0 Å². The first-order chi connectivity index (χ1) is 9.69. The van der Waals surface area contributed by atoms with E-state index in [1.807, 2.05) is 25.1 Å². The summed E-state index contributed by atoms with van der Waals surface area (Å²) in [5.74, 6) is 5.18. The first kappa shape index (κ1) is 14.3. The molecule has 0 aromatic carbocycles. The number of amides is 1. The van der Waals surface area contributed by atoms with Crippen molar-refractivity contribution in [3.05, 3.63) is 51.5 Å². The number of aromatic nitrogens is 1. The fourth-order valence-electron chi connectivity index (χ4n) is 1.62. The predicted octanol–water partition coefficient (Wildman–Crippen LogP) is 1.73. The van der Waals surface area contributed by atoms with Crippen LogP contribution in [0.15, 0.2) is 29.6 Å². The maximum atomic E-state index is 12.0. The van der Waals surface area contributed by atoms with E-state index in [9.17, 15) is 4.79 Å². The Morgan fingerprint density at radius 3 is 3.10 bits per heavy atom. The number of aliphatic hydroxyl groups is 1. The van der Waals surface area contributed by atoms with Gasteiger partial charge in [-0.2, -0.15) is 0 Å². The first-order valence-corrected chi connectivity index (χ1v) is 6.96. The molecule has 0 aliphatic heterocycles. The summed E-state index contributed by atoms with van der Waals surface area (Å²) in [6.45, 7) is 2.13. The number of carbonyl (C=O) groups is 1. The Balaban J connectivity index is 1.96. The second kappa shape index (κ2) is 6.85. The van der Waals surface area contributed by atoms with Gasteiger partial charge in [0, 0.05) is 11.1 Å². The molecule has 0 aliphatic carbocycles. The van der Waals surface area contributed by atoms with Crippen molar-refractivity contribution in [2.75, 3.05) is 6.61 Å². The highest BCUT2D eigenvalue weighted by atomic mass is 32.1. The third-order valence-electron chi connectivity index (χ3n) is 2.53. The van der Waals surface area contributed by atoms with Gasteiger partial charge in [0.1, 0.15) is 6.61 Å². The maximum Gasteiger partial charge on any atom is 0.252 e. The summed E-state index contributed by atoms with van der Waals surface area (Å²) in [6.07, 6.45) is 0. The Kier molecular flexibility index (Phi) is 4.88. The third-order valence-corrected chi connectivity index (χ3v) is 3.37. The average molecular weight is 286 g/mol. The summed E-state index contributed by atoms with van der Waals surface area (Å²) in [6, 6.07) is 7.42. The van der Waals surface area contributed by atoms with Crippen molar-refractivity contribution in [1.29, 1.82) is 0 Å². The molecule has 0 saturated heterocycles. The lowest BCUT2D eigenvalue weighted by molar-refractivity contribution is 0.0951. The highest BCUT2D eigenvalue weighted by molar-refractivity contribution is 7.10. The van der Waals surface area contributed by atoms with Gasteiger partial charge in [-0.1, -0.05) is 17.9 Å². The molecule has 0 spiro atoms. The number of thiophene rings is 1. The molecule has 20 heavy (non-hydrogen) atoms. The van der Waals surface area contributed by atoms with Gasteiger partial charge in [-0.3, -0.25) is 9.78 Å². The molecule has 0 bridgehead atoms. The van der Waals surface area contributed by atoms with Crippen LogP contribution in [0.5, 0.6) is 0 Å². The standard InChI is InChI=1S/C15H14N2O2S/c1-11-4-2-5-13(17-11)9-16-15(19)12-8-14(20-10-12)6-3-7-18/h2,4-5,8,10,18H,7,9H2,1H3,(H,16,19). The van der Waals surface area contributed by atoms with Gasteiger partial charge in [0.25, 0.3) is 5.91 Å². The Morgan fingerprint density at radius 2 is 2.35 bits per heavy atom. The van der Waals surface area contributed by atoms with Gasteiger partial charge >= 0.3 is 0 Å². The SMILES string of the molecule is Cc1cccc(CNC(=O)c2csc(C#CCO)c2)n1. The molecule has 0 radical (unpaired) electrons. The fourth-order valence-corrected chi connectivity index (χ4v) is 2.37. The molecule has 5 heteroatoms. The molecular weight excluding hydrogens is 272 g/mol. The Hall–Kier alpha value is -2.16. The predicted molar refractivity (Wildman–Crippen MR) is 78.4 cm³/mol. The van der Waals surface area contributed by atoms with Crippen molar-refractivity contribution in [3.8, 4) is 11.8 Å². The van der Waals surface area contributed by atoms with Crippen LogP contribution in [0.3, 0.4) is 0 Å². The molecule has 2 aromatic rings. The van der Waals surface area contributed by atoms with E-state index in [1.54, 1.807) is 11.4 Å². The van der Waals surface area contributed by atoms with Crippen molar-refractivity contribution in [2.24, 2.45) is 0 Å². The van der Waals surface area contributed by atoms with Crippen LogP contribution in [-0.2, 0) is 6.54 Å². The molecule has 0 saturated carbocycles. The topological polar surface area (TPSA) is 62.2 Å². The largest absolute Gasteiger partial charge is 0.384 e. The highest BCUT2D eigenvalue weighted by Gasteiger charge is 2.08. The summed E-state index contributed by atoms with van der Waals surface area (Å²) >= 11 is 1.38. The number of nitrogens with one attached hydrogen (secondary N) is 1. The van der Waals surface area contributed by atoms with Gasteiger partial charge in [-0.05, 0) is 25.1 Å². The van der Waals surface area contributed by atoms with Crippen LogP contribution in [-0.4, -0.2) is 22.6 Å². The molecule has 2 aromatic heterocycles. The number of pyridine rings is 1. The zero-order valence-corrected chi connectivity index (χ0v) is 11.8. The molecule has 2 rings (SSSR count). The number of carbonyl (C=O) groups excluding carboxylic acids is 1. The molecule has 0 aliphatic rings. The van der Waals surface area contributed by atoms with Crippen molar-refractivity contribution in [1.82, 2.24) is 10.3 Å². The van der Waals surface area contributed by atoms with E-state index in [0.717, 1.165) is 16.3 Å². The lowest BCUT2D eigenvalue weighted by atomic mass is 10.2. The summed E-state index contributed by atoms with van der Waals surface area (Å²) in [7, 11) is 0. The maximum absolute atomic E-state index is 12.0. The van der Waals surface area contributed by atoms with E-state index in [1.165, 1.54) is 11.3 Å². The zero-order chi connectivity index (χ0) is 14.4. The Labute approximate surface area is 121 Å². The molecule has 102 valence electrons. The van der Waals surface area contributed by atoms with Gasteiger partial charge in [0.05, 0.1) is 22.7 Å². The summed E-state index contributed by atoms with van der Waals surface area (Å²) < 4.78 is 0. The molecule has 0 unspecified atom stereocenters. The quantitative estimate of drug-likeness (QED) is 0.845. The molecular formula is C15H14N2O2S. The van der Waals surface area contributed by atoms with E-state index in [2.05, 4.69) is 22.1 Å². The van der Waals surface area contributed by atoms with Crippen LogP contribution in [0.2, 0.25) is 0 Å². The van der Waals surface area contributed by atoms with Crippen molar-refractivity contribution < 1.29 is 9.90 Å². The minimum Gasteiger partial charge on any atom is -0.384 e. The number of hydrogen-bond acceptors (Lipinski definition) is 4. The monoisotopic (exact) mass is 286 g/mol. The van der Waals surface area contributed by atoms with Gasteiger partial charge < -0.3 is 10.4 Å². The van der Waals surface area contributed by atoms with Crippen LogP contribution < -0.4 is 5.32 Å². The van der Waals surface area contributed by atoms with E-state index in [-0.39, 0.29) is 12.5 Å². The van der Waals surface area contributed by atoms with Gasteiger partial charge in [0.15, 0.2) is 0 Å². The second-order valence-corrected chi connectivity index (χ2v) is 5.02. The zero-order valence-electron chi connectivity index (χ0n) is 11.0. The normalized spacial score (nSPS) is 9.70. The first-order valence-electron chi connectivity index (χ1n) is 6.08. The highest BCUT2D eigenvalue weighted by Crippen LogP contribution is 2.13. The van der Waals surface area contributed by atoms with E-state index < -0.39 is 0 Å².